The van der Waals surface area contributed by atoms with Gasteiger partial charge in [-0.3, -0.25) is 0 Å². The number of fused-ring (bicyclic) bond motifs is 3. The molecule has 1 saturated carbocycles. The quantitative estimate of drug-likeness (QED) is 0.441. The summed E-state index contributed by atoms with van der Waals surface area (Å²) in [6.07, 6.45) is 1.04. The lowest BCUT2D eigenvalue weighted by Gasteiger charge is -2.59. The normalized spacial score (nSPS) is 50.0. The second-order valence-electron chi connectivity index (χ2n) is 7.41. The van der Waals surface area contributed by atoms with E-state index < -0.39 is 29.2 Å². The first-order valence-corrected chi connectivity index (χ1v) is 7.10. The van der Waals surface area contributed by atoms with E-state index >= 15 is 0 Å². The molecule has 0 unspecified atom stereocenters. The third kappa shape index (κ3) is 1.46. The van der Waals surface area contributed by atoms with Gasteiger partial charge >= 0.3 is 5.97 Å². The van der Waals surface area contributed by atoms with Gasteiger partial charge in [0, 0.05) is 16.9 Å². The van der Waals surface area contributed by atoms with Gasteiger partial charge < -0.3 is 20.1 Å². The lowest BCUT2D eigenvalue weighted by molar-refractivity contribution is -0.201. The van der Waals surface area contributed by atoms with Crippen molar-refractivity contribution in [1.29, 1.82) is 0 Å². The summed E-state index contributed by atoms with van der Waals surface area (Å²) in [6.45, 7) is 5.73. The van der Waals surface area contributed by atoms with Crippen LogP contribution < -0.4 is 0 Å². The number of hydrogen-bond donors (Lipinski definition) is 3. The Morgan fingerprint density at radius 2 is 1.90 bits per heavy atom. The minimum atomic E-state index is -1.73. The number of ether oxygens (including phenoxy) is 1. The molecule has 0 aromatic carbocycles. The third-order valence-electron chi connectivity index (χ3n) is 5.61. The van der Waals surface area contributed by atoms with Gasteiger partial charge in [0.2, 0.25) is 0 Å². The van der Waals surface area contributed by atoms with Gasteiger partial charge in [-0.1, -0.05) is 20.8 Å². The van der Waals surface area contributed by atoms with Crippen LogP contribution in [0.15, 0.2) is 11.6 Å². The number of aliphatic hydroxyl groups is 3. The molecular weight excluding hydrogens is 260 g/mol. The molecule has 3 rings (SSSR count). The van der Waals surface area contributed by atoms with Crippen LogP contribution in [0.4, 0.5) is 0 Å². The third-order valence-corrected chi connectivity index (χ3v) is 5.61. The van der Waals surface area contributed by atoms with Crippen LogP contribution in [-0.4, -0.2) is 45.7 Å². The smallest absolute Gasteiger partial charge is 0.343 e. The Morgan fingerprint density at radius 3 is 2.55 bits per heavy atom. The summed E-state index contributed by atoms with van der Waals surface area (Å²) in [5, 5.41) is 31.7. The fraction of sp³-hybridized carbons (Fsp3) is 0.800. The highest BCUT2D eigenvalue weighted by Crippen LogP contribution is 2.62. The maximum absolute atomic E-state index is 12.1. The molecule has 0 radical (unpaired) electrons. The van der Waals surface area contributed by atoms with E-state index in [-0.39, 0.29) is 24.4 Å². The highest BCUT2D eigenvalue weighted by Gasteiger charge is 2.69. The molecule has 1 aliphatic heterocycles. The molecule has 0 spiro atoms. The van der Waals surface area contributed by atoms with Crippen LogP contribution >= 0.6 is 0 Å². The van der Waals surface area contributed by atoms with Crippen molar-refractivity contribution in [1.82, 2.24) is 0 Å². The minimum absolute atomic E-state index is 0.0191. The van der Waals surface area contributed by atoms with Crippen LogP contribution in [0, 0.1) is 16.7 Å². The largest absolute Gasteiger partial charge is 0.459 e. The van der Waals surface area contributed by atoms with Crippen molar-refractivity contribution in [3.05, 3.63) is 11.6 Å². The molecule has 1 heterocycles. The zero-order chi connectivity index (χ0) is 14.9. The first-order chi connectivity index (χ1) is 9.13. The lowest BCUT2D eigenvalue weighted by atomic mass is 9.46. The standard InChI is InChI=1S/C15H22O5/c1-13(2)5-9(16)6-14(3)11(13)10(17)4-8-7-20-12(18)15(8,14)19/h4,9-11,16-17,19H,5-7H2,1-3H3/t9-,10-,11-,14-,15-/m0/s1. The molecular formula is C15H22O5. The van der Waals surface area contributed by atoms with Crippen LogP contribution in [-0.2, 0) is 9.53 Å². The van der Waals surface area contributed by atoms with Crippen molar-refractivity contribution < 1.29 is 24.9 Å². The molecule has 2 fully saturated rings. The summed E-state index contributed by atoms with van der Waals surface area (Å²) < 4.78 is 5.02. The molecule has 0 bridgehead atoms. The zero-order valence-electron chi connectivity index (χ0n) is 12.1. The average molecular weight is 282 g/mol. The fourth-order valence-electron chi connectivity index (χ4n) is 5.05. The van der Waals surface area contributed by atoms with Crippen molar-refractivity contribution in [2.45, 2.75) is 51.4 Å². The number of esters is 1. The molecule has 3 N–H and O–H groups in total. The zero-order valence-corrected chi connectivity index (χ0v) is 12.1. The molecule has 20 heavy (non-hydrogen) atoms. The monoisotopic (exact) mass is 282 g/mol. The van der Waals surface area contributed by atoms with Gasteiger partial charge in [0.1, 0.15) is 6.61 Å². The summed E-state index contributed by atoms with van der Waals surface area (Å²) in [4.78, 5) is 12.1. The molecule has 112 valence electrons. The van der Waals surface area contributed by atoms with Crippen molar-refractivity contribution >= 4 is 5.97 Å². The summed E-state index contributed by atoms with van der Waals surface area (Å²) in [7, 11) is 0. The topological polar surface area (TPSA) is 87.0 Å². The van der Waals surface area contributed by atoms with Crippen molar-refractivity contribution in [3.63, 3.8) is 0 Å². The second kappa shape index (κ2) is 3.84. The SMILES string of the molecule is CC1(C)C[C@H](O)C[C@@]2(C)[C@H]1[C@@H](O)C=C1COC(=O)[C@@]12O. The van der Waals surface area contributed by atoms with Gasteiger partial charge in [-0.05, 0) is 24.3 Å². The Balaban J connectivity index is 2.21. The van der Waals surface area contributed by atoms with E-state index in [1.54, 1.807) is 13.0 Å². The summed E-state index contributed by atoms with van der Waals surface area (Å²) in [5.41, 5.74) is -2.61. The Bertz CT molecular complexity index is 496. The Hall–Kier alpha value is -0.910. The number of aliphatic hydroxyl groups excluding tert-OH is 2. The van der Waals surface area contributed by atoms with E-state index in [1.165, 1.54) is 0 Å². The Kier molecular flexibility index (Phi) is 2.70. The Labute approximate surface area is 118 Å². The molecule has 2 aliphatic carbocycles. The fourth-order valence-corrected chi connectivity index (χ4v) is 5.05. The molecule has 0 amide bonds. The van der Waals surface area contributed by atoms with Crippen LogP contribution in [0.5, 0.6) is 0 Å². The van der Waals surface area contributed by atoms with Gasteiger partial charge in [0.15, 0.2) is 5.60 Å². The molecule has 0 aromatic heterocycles. The first-order valence-electron chi connectivity index (χ1n) is 7.10. The van der Waals surface area contributed by atoms with E-state index in [4.69, 9.17) is 4.74 Å². The van der Waals surface area contributed by atoms with Gasteiger partial charge in [-0.15, -0.1) is 0 Å². The number of hydrogen-bond acceptors (Lipinski definition) is 5. The maximum atomic E-state index is 12.1. The number of rotatable bonds is 0. The lowest BCUT2D eigenvalue weighted by Crippen LogP contribution is -2.66. The minimum Gasteiger partial charge on any atom is -0.459 e. The first kappa shape index (κ1) is 14.0. The highest BCUT2D eigenvalue weighted by atomic mass is 16.6. The van der Waals surface area contributed by atoms with Gasteiger partial charge in [-0.2, -0.15) is 0 Å². The van der Waals surface area contributed by atoms with Crippen molar-refractivity contribution in [2.24, 2.45) is 16.7 Å². The predicted octanol–water partition coefficient (Wildman–Crippen LogP) is 0.379. The van der Waals surface area contributed by atoms with Gasteiger partial charge in [0.05, 0.1) is 12.2 Å². The summed E-state index contributed by atoms with van der Waals surface area (Å²) in [6, 6.07) is 0. The van der Waals surface area contributed by atoms with Gasteiger partial charge in [-0.25, -0.2) is 4.79 Å². The molecule has 3 aliphatic rings. The molecule has 5 nitrogen and oxygen atoms in total. The summed E-state index contributed by atoms with van der Waals surface area (Å²) in [5.74, 6) is -0.967. The number of cyclic esters (lactones) is 1. The maximum Gasteiger partial charge on any atom is 0.343 e. The predicted molar refractivity (Wildman–Crippen MR) is 70.6 cm³/mol. The Morgan fingerprint density at radius 1 is 1.25 bits per heavy atom. The van der Waals surface area contributed by atoms with Crippen LogP contribution in [0.3, 0.4) is 0 Å². The van der Waals surface area contributed by atoms with E-state index in [9.17, 15) is 20.1 Å². The van der Waals surface area contributed by atoms with Crippen LogP contribution in [0.1, 0.15) is 33.6 Å². The van der Waals surface area contributed by atoms with Crippen molar-refractivity contribution in [3.8, 4) is 0 Å². The van der Waals surface area contributed by atoms with Crippen LogP contribution in [0.25, 0.3) is 0 Å². The van der Waals surface area contributed by atoms with E-state index in [2.05, 4.69) is 0 Å². The second-order valence-corrected chi connectivity index (χ2v) is 7.41. The highest BCUT2D eigenvalue weighted by molar-refractivity contribution is 5.88. The number of carbonyl (C=O) groups excluding carboxylic acids is 1. The van der Waals surface area contributed by atoms with Crippen LogP contribution in [0.2, 0.25) is 0 Å². The van der Waals surface area contributed by atoms with E-state index in [0.29, 0.717) is 12.0 Å². The summed E-state index contributed by atoms with van der Waals surface area (Å²) >= 11 is 0. The van der Waals surface area contributed by atoms with Crippen molar-refractivity contribution in [2.75, 3.05) is 6.61 Å². The number of carbonyl (C=O) groups is 1. The average Bonchev–Trinajstić information content (AvgIpc) is 2.55. The van der Waals surface area contributed by atoms with Gasteiger partial charge in [0.25, 0.3) is 0 Å². The molecule has 1 saturated heterocycles. The molecule has 0 aromatic rings. The molecule has 5 atom stereocenters. The van der Waals surface area contributed by atoms with E-state index in [1.807, 2.05) is 13.8 Å². The molecule has 5 heteroatoms. The van der Waals surface area contributed by atoms with E-state index in [0.717, 1.165) is 0 Å².